The molecule has 174 valence electrons. The zero-order chi connectivity index (χ0) is 23.7. The Hall–Kier alpha value is -1.97. The molecule has 1 N–H and O–H groups in total. The second kappa shape index (κ2) is 16.7. The molecule has 3 nitrogen and oxygen atoms in total. The van der Waals surface area contributed by atoms with Gasteiger partial charge in [0.1, 0.15) is 5.78 Å². The molecular weight excluding hydrogens is 382 g/mol. The molecule has 0 radical (unpaired) electrons. The van der Waals surface area contributed by atoms with E-state index in [1.54, 1.807) is 6.92 Å². The maximum atomic E-state index is 13.1. The van der Waals surface area contributed by atoms with Crippen LogP contribution in [0, 0.1) is 5.92 Å². The van der Waals surface area contributed by atoms with Gasteiger partial charge in [0.05, 0.1) is 5.41 Å². The number of aliphatic hydroxyl groups excluding tert-OH is 1. The van der Waals surface area contributed by atoms with Crippen LogP contribution in [0.3, 0.4) is 0 Å². The largest absolute Gasteiger partial charge is 0.396 e. The molecule has 1 saturated heterocycles. The van der Waals surface area contributed by atoms with Crippen LogP contribution in [0.2, 0.25) is 0 Å². The van der Waals surface area contributed by atoms with Crippen molar-refractivity contribution >= 4 is 5.78 Å². The van der Waals surface area contributed by atoms with E-state index in [-0.39, 0.29) is 18.3 Å². The van der Waals surface area contributed by atoms with Crippen molar-refractivity contribution in [3.05, 3.63) is 71.8 Å². The van der Waals surface area contributed by atoms with Crippen molar-refractivity contribution in [2.45, 2.75) is 66.7 Å². The number of rotatable bonds is 7. The first kappa shape index (κ1) is 29.0. The van der Waals surface area contributed by atoms with Crippen molar-refractivity contribution in [1.82, 2.24) is 4.90 Å². The molecule has 1 atom stereocenters. The average Bonchev–Trinajstić information content (AvgIpc) is 3.32. The number of nitrogens with zero attached hydrogens (tertiary/aromatic N) is 1. The number of Topliss-reactive ketones (excluding diaryl/α,β-unsaturated/α-hetero) is 1. The van der Waals surface area contributed by atoms with Crippen molar-refractivity contribution < 1.29 is 9.90 Å². The van der Waals surface area contributed by atoms with Crippen molar-refractivity contribution in [3.8, 4) is 0 Å². The summed E-state index contributed by atoms with van der Waals surface area (Å²) in [5.41, 5.74) is 1.57. The topological polar surface area (TPSA) is 40.5 Å². The van der Waals surface area contributed by atoms with Crippen molar-refractivity contribution in [2.75, 3.05) is 26.2 Å². The van der Waals surface area contributed by atoms with Gasteiger partial charge in [-0.1, -0.05) is 102 Å². The predicted molar refractivity (Wildman–Crippen MR) is 135 cm³/mol. The molecule has 31 heavy (non-hydrogen) atoms. The molecule has 0 amide bonds. The normalized spacial score (nSPS) is 15.4. The fraction of sp³-hybridized carbons (Fsp3) is 0.536. The molecule has 1 aliphatic rings. The van der Waals surface area contributed by atoms with Crippen LogP contribution in [0.25, 0.3) is 0 Å². The van der Waals surface area contributed by atoms with Crippen molar-refractivity contribution in [1.29, 1.82) is 0 Å². The average molecular weight is 428 g/mol. The molecule has 3 heteroatoms. The van der Waals surface area contributed by atoms with Crippen LogP contribution in [0.1, 0.15) is 72.4 Å². The standard InChI is InChI=1S/C22H27NO2.3C2H6/c1-18(25)22(19-9-4-2-5-10-19,20-11-6-3-7-12-20)21-13-15-23(17-21)14-8-16-24;3*1-2/h2-7,9-12,21,24H,8,13-17H2,1H3;3*1-2H3. The molecule has 0 spiro atoms. The third-order valence-corrected chi connectivity index (χ3v) is 5.53. The van der Waals surface area contributed by atoms with Gasteiger partial charge in [0, 0.05) is 19.7 Å². The monoisotopic (exact) mass is 427 g/mol. The second-order valence-corrected chi connectivity index (χ2v) is 6.96. The summed E-state index contributed by atoms with van der Waals surface area (Å²) in [5, 5.41) is 9.12. The minimum absolute atomic E-state index is 0.207. The van der Waals surface area contributed by atoms with E-state index in [1.807, 2.05) is 77.9 Å². The smallest absolute Gasteiger partial charge is 0.145 e. The molecule has 1 heterocycles. The summed E-state index contributed by atoms with van der Waals surface area (Å²) in [6.45, 7) is 16.7. The highest BCUT2D eigenvalue weighted by molar-refractivity contribution is 5.92. The maximum absolute atomic E-state index is 13.1. The van der Waals surface area contributed by atoms with E-state index in [9.17, 15) is 4.79 Å². The highest BCUT2D eigenvalue weighted by Crippen LogP contribution is 2.44. The van der Waals surface area contributed by atoms with E-state index < -0.39 is 5.41 Å². The molecule has 0 saturated carbocycles. The van der Waals surface area contributed by atoms with E-state index in [0.717, 1.165) is 43.6 Å². The fourth-order valence-corrected chi connectivity index (χ4v) is 4.42. The van der Waals surface area contributed by atoms with Crippen LogP contribution in [-0.2, 0) is 10.2 Å². The summed E-state index contributed by atoms with van der Waals surface area (Å²) in [7, 11) is 0. The van der Waals surface area contributed by atoms with Gasteiger partial charge in [-0.05, 0) is 43.4 Å². The lowest BCUT2D eigenvalue weighted by molar-refractivity contribution is -0.122. The number of hydrogen-bond donors (Lipinski definition) is 1. The van der Waals surface area contributed by atoms with Gasteiger partial charge >= 0.3 is 0 Å². The van der Waals surface area contributed by atoms with Crippen LogP contribution < -0.4 is 0 Å². The first-order valence-corrected chi connectivity index (χ1v) is 12.1. The van der Waals surface area contributed by atoms with Crippen LogP contribution in [0.4, 0.5) is 0 Å². The number of hydrogen-bond acceptors (Lipinski definition) is 3. The van der Waals surface area contributed by atoms with Crippen molar-refractivity contribution in [2.24, 2.45) is 5.92 Å². The summed E-state index contributed by atoms with van der Waals surface area (Å²) in [5.74, 6) is 0.451. The lowest BCUT2D eigenvalue weighted by atomic mass is 9.63. The summed E-state index contributed by atoms with van der Waals surface area (Å²) in [4.78, 5) is 15.5. The summed E-state index contributed by atoms with van der Waals surface area (Å²) >= 11 is 0. The van der Waals surface area contributed by atoms with Crippen LogP contribution >= 0.6 is 0 Å². The quantitative estimate of drug-likeness (QED) is 0.560. The van der Waals surface area contributed by atoms with Gasteiger partial charge in [0.2, 0.25) is 0 Å². The first-order valence-electron chi connectivity index (χ1n) is 12.1. The zero-order valence-corrected chi connectivity index (χ0v) is 20.9. The number of ketones is 1. The van der Waals surface area contributed by atoms with Crippen LogP contribution in [0.5, 0.6) is 0 Å². The summed E-state index contributed by atoms with van der Waals surface area (Å²) in [6.07, 6.45) is 1.78. The fourth-order valence-electron chi connectivity index (χ4n) is 4.42. The molecule has 0 aliphatic carbocycles. The van der Waals surface area contributed by atoms with Gasteiger partial charge in [-0.3, -0.25) is 4.79 Å². The number of likely N-dealkylation sites (tertiary alicyclic amines) is 1. The molecule has 1 unspecified atom stereocenters. The highest BCUT2D eigenvalue weighted by Gasteiger charge is 2.48. The molecular formula is C28H45NO2. The van der Waals surface area contributed by atoms with E-state index >= 15 is 0 Å². The van der Waals surface area contributed by atoms with Gasteiger partial charge in [-0.25, -0.2) is 0 Å². The molecule has 3 rings (SSSR count). The Balaban J connectivity index is 0.00000138. The third-order valence-electron chi connectivity index (χ3n) is 5.53. The number of carbonyl (C=O) groups is 1. The molecule has 1 fully saturated rings. The van der Waals surface area contributed by atoms with Crippen LogP contribution in [-0.4, -0.2) is 42.0 Å². The lowest BCUT2D eigenvalue weighted by Gasteiger charge is -2.38. The van der Waals surface area contributed by atoms with E-state index in [4.69, 9.17) is 5.11 Å². The van der Waals surface area contributed by atoms with E-state index in [0.29, 0.717) is 0 Å². The van der Waals surface area contributed by atoms with Crippen molar-refractivity contribution in [3.63, 3.8) is 0 Å². The molecule has 0 bridgehead atoms. The molecule has 2 aromatic rings. The second-order valence-electron chi connectivity index (χ2n) is 6.96. The number of carbonyl (C=O) groups excluding carboxylic acids is 1. The SMILES string of the molecule is CC.CC.CC.CC(=O)C(c1ccccc1)(c1ccccc1)C1CCN(CCCO)C1. The third kappa shape index (κ3) is 7.29. The molecule has 2 aromatic carbocycles. The summed E-state index contributed by atoms with van der Waals surface area (Å²) < 4.78 is 0. The van der Waals surface area contributed by atoms with Crippen LogP contribution in [0.15, 0.2) is 60.7 Å². The van der Waals surface area contributed by atoms with Gasteiger partial charge in [-0.2, -0.15) is 0 Å². The molecule has 0 aromatic heterocycles. The minimum Gasteiger partial charge on any atom is -0.396 e. The predicted octanol–water partition coefficient (Wildman–Crippen LogP) is 6.34. The minimum atomic E-state index is -0.601. The Bertz CT molecular complexity index is 645. The lowest BCUT2D eigenvalue weighted by Crippen LogP contribution is -2.44. The highest BCUT2D eigenvalue weighted by atomic mass is 16.3. The van der Waals surface area contributed by atoms with Gasteiger partial charge < -0.3 is 10.0 Å². The Labute approximate surface area is 191 Å². The summed E-state index contributed by atoms with van der Waals surface area (Å²) in [6, 6.07) is 20.4. The number of aliphatic hydroxyl groups is 1. The Kier molecular flexibility index (Phi) is 15.6. The zero-order valence-electron chi connectivity index (χ0n) is 20.9. The number of benzene rings is 2. The van der Waals surface area contributed by atoms with Gasteiger partial charge in [0.15, 0.2) is 0 Å². The Morgan fingerprint density at radius 2 is 1.35 bits per heavy atom. The van der Waals surface area contributed by atoms with E-state index in [1.165, 1.54) is 0 Å². The molecule has 1 aliphatic heterocycles. The van der Waals surface area contributed by atoms with E-state index in [2.05, 4.69) is 29.2 Å². The van der Waals surface area contributed by atoms with Gasteiger partial charge in [0.25, 0.3) is 0 Å². The Morgan fingerprint density at radius 3 is 1.74 bits per heavy atom. The maximum Gasteiger partial charge on any atom is 0.145 e. The first-order chi connectivity index (χ1) is 15.2. The Morgan fingerprint density at radius 1 is 0.903 bits per heavy atom. The van der Waals surface area contributed by atoms with Gasteiger partial charge in [-0.15, -0.1) is 0 Å².